The normalized spacial score (nSPS) is 11.9. The Hall–Kier alpha value is -2.06. The predicted molar refractivity (Wildman–Crippen MR) is 104 cm³/mol. The number of nitrogens with zero attached hydrogens (tertiary/aromatic N) is 2. The summed E-state index contributed by atoms with van der Waals surface area (Å²) in [5, 5.41) is 0.764. The van der Waals surface area contributed by atoms with E-state index in [4.69, 9.17) is 16.6 Å². The molecule has 0 saturated heterocycles. The van der Waals surface area contributed by atoms with E-state index in [0.717, 1.165) is 22.9 Å². The van der Waals surface area contributed by atoms with Gasteiger partial charge in [-0.25, -0.2) is 4.98 Å². The molecular weight excluding hydrogens is 316 g/mol. The van der Waals surface area contributed by atoms with Crippen molar-refractivity contribution >= 4 is 28.7 Å². The topological polar surface area (TPSA) is 17.8 Å². The molecule has 24 heavy (non-hydrogen) atoms. The van der Waals surface area contributed by atoms with Crippen molar-refractivity contribution in [2.24, 2.45) is 5.92 Å². The van der Waals surface area contributed by atoms with Crippen LogP contribution in [0.2, 0.25) is 5.02 Å². The summed E-state index contributed by atoms with van der Waals surface area (Å²) in [6.07, 6.45) is 4.32. The first kappa shape index (κ1) is 16.8. The maximum atomic E-state index is 6.01. The third kappa shape index (κ3) is 3.54. The van der Waals surface area contributed by atoms with E-state index < -0.39 is 0 Å². The van der Waals surface area contributed by atoms with E-state index in [0.29, 0.717) is 5.92 Å². The van der Waals surface area contributed by atoms with Gasteiger partial charge in [-0.05, 0) is 66.8 Å². The number of allylic oxidation sites excluding steroid dienone is 1. The molecule has 1 heterocycles. The Kier molecular flexibility index (Phi) is 4.77. The van der Waals surface area contributed by atoms with Crippen LogP contribution in [0.15, 0.2) is 42.5 Å². The van der Waals surface area contributed by atoms with Crippen molar-refractivity contribution in [3.8, 4) is 0 Å². The molecule has 2 nitrogen and oxygen atoms in total. The van der Waals surface area contributed by atoms with Gasteiger partial charge in [0.2, 0.25) is 0 Å². The van der Waals surface area contributed by atoms with Gasteiger partial charge in [0.15, 0.2) is 0 Å². The molecule has 0 atom stereocenters. The lowest BCUT2D eigenvalue weighted by Gasteiger charge is -2.09. The van der Waals surface area contributed by atoms with Crippen LogP contribution in [0.25, 0.3) is 17.1 Å². The average molecular weight is 339 g/mol. The van der Waals surface area contributed by atoms with Crippen LogP contribution in [0.1, 0.15) is 36.4 Å². The fourth-order valence-electron chi connectivity index (χ4n) is 2.74. The summed E-state index contributed by atoms with van der Waals surface area (Å²) in [7, 11) is 0. The maximum Gasteiger partial charge on any atom is 0.133 e. The van der Waals surface area contributed by atoms with Gasteiger partial charge in [-0.15, -0.1) is 0 Å². The van der Waals surface area contributed by atoms with E-state index in [9.17, 15) is 0 Å². The van der Waals surface area contributed by atoms with Gasteiger partial charge in [0.05, 0.1) is 11.0 Å². The van der Waals surface area contributed by atoms with Crippen LogP contribution in [-0.4, -0.2) is 9.55 Å². The number of aryl methyl sites for hydroxylation is 2. The van der Waals surface area contributed by atoms with Crippen molar-refractivity contribution in [2.75, 3.05) is 0 Å². The lowest BCUT2D eigenvalue weighted by Crippen LogP contribution is -2.02. The molecule has 2 aromatic carbocycles. The molecule has 0 spiro atoms. The molecule has 3 rings (SSSR count). The highest BCUT2D eigenvalue weighted by molar-refractivity contribution is 6.30. The SMILES string of the molecule is Cc1cc2nc(/C=C/C(C)C)n(Cc3ccc(Cl)cc3)c2cc1C. The third-order valence-corrected chi connectivity index (χ3v) is 4.53. The van der Waals surface area contributed by atoms with Crippen LogP contribution in [0, 0.1) is 19.8 Å². The van der Waals surface area contributed by atoms with Crippen LogP contribution in [0.3, 0.4) is 0 Å². The largest absolute Gasteiger partial charge is 0.320 e. The van der Waals surface area contributed by atoms with Crippen molar-refractivity contribution in [3.63, 3.8) is 0 Å². The number of benzene rings is 2. The van der Waals surface area contributed by atoms with Gasteiger partial charge in [-0.3, -0.25) is 0 Å². The zero-order valence-electron chi connectivity index (χ0n) is 14.7. The molecule has 0 radical (unpaired) electrons. The van der Waals surface area contributed by atoms with Crippen LogP contribution < -0.4 is 0 Å². The molecule has 3 aromatic rings. The lowest BCUT2D eigenvalue weighted by molar-refractivity contribution is 0.805. The van der Waals surface area contributed by atoms with Crippen molar-refractivity contribution in [1.29, 1.82) is 0 Å². The summed E-state index contributed by atoms with van der Waals surface area (Å²) in [6.45, 7) is 9.43. The van der Waals surface area contributed by atoms with Crippen LogP contribution in [-0.2, 0) is 6.54 Å². The lowest BCUT2D eigenvalue weighted by atomic mass is 10.1. The Morgan fingerprint density at radius 3 is 2.42 bits per heavy atom. The molecule has 0 aliphatic rings. The summed E-state index contributed by atoms with van der Waals surface area (Å²) in [4.78, 5) is 4.85. The minimum atomic E-state index is 0.497. The molecule has 0 aliphatic carbocycles. The Morgan fingerprint density at radius 1 is 1.08 bits per heavy atom. The molecule has 0 saturated carbocycles. The summed E-state index contributed by atoms with van der Waals surface area (Å²) >= 11 is 6.01. The Balaban J connectivity index is 2.12. The average Bonchev–Trinajstić information content (AvgIpc) is 2.85. The molecule has 3 heteroatoms. The highest BCUT2D eigenvalue weighted by Crippen LogP contribution is 2.23. The monoisotopic (exact) mass is 338 g/mol. The molecule has 0 N–H and O–H groups in total. The number of imidazole rings is 1. The molecule has 1 aromatic heterocycles. The molecule has 0 aliphatic heterocycles. The van der Waals surface area contributed by atoms with Crippen molar-refractivity contribution in [2.45, 2.75) is 34.2 Å². The molecule has 0 bridgehead atoms. The minimum absolute atomic E-state index is 0.497. The van der Waals surface area contributed by atoms with Gasteiger partial charge >= 0.3 is 0 Å². The number of hydrogen-bond acceptors (Lipinski definition) is 1. The zero-order chi connectivity index (χ0) is 17.3. The highest BCUT2D eigenvalue weighted by Gasteiger charge is 2.11. The van der Waals surface area contributed by atoms with Crippen molar-refractivity contribution < 1.29 is 0 Å². The van der Waals surface area contributed by atoms with Crippen molar-refractivity contribution in [1.82, 2.24) is 9.55 Å². The van der Waals surface area contributed by atoms with Gasteiger partial charge in [0, 0.05) is 11.6 Å². The Bertz CT molecular complexity index is 886. The standard InChI is InChI=1S/C21H23ClN2/c1-14(2)5-10-21-23-19-11-15(3)16(4)12-20(19)24(21)13-17-6-8-18(22)9-7-17/h5-12,14H,13H2,1-4H3/b10-5+. The number of hydrogen-bond donors (Lipinski definition) is 0. The third-order valence-electron chi connectivity index (χ3n) is 4.28. The van der Waals surface area contributed by atoms with E-state index in [1.807, 2.05) is 12.1 Å². The highest BCUT2D eigenvalue weighted by atomic mass is 35.5. The molecule has 0 amide bonds. The Morgan fingerprint density at radius 2 is 1.75 bits per heavy atom. The predicted octanol–water partition coefficient (Wildman–Crippen LogP) is 6.02. The summed E-state index contributed by atoms with van der Waals surface area (Å²) < 4.78 is 2.28. The second-order valence-electron chi connectivity index (χ2n) is 6.71. The molecular formula is C21H23ClN2. The van der Waals surface area contributed by atoms with E-state index in [1.165, 1.54) is 22.2 Å². The second-order valence-corrected chi connectivity index (χ2v) is 7.15. The van der Waals surface area contributed by atoms with E-state index in [-0.39, 0.29) is 0 Å². The number of fused-ring (bicyclic) bond motifs is 1. The second kappa shape index (κ2) is 6.82. The van der Waals surface area contributed by atoms with Crippen LogP contribution in [0.5, 0.6) is 0 Å². The van der Waals surface area contributed by atoms with Crippen molar-refractivity contribution in [3.05, 3.63) is 70.0 Å². The minimum Gasteiger partial charge on any atom is -0.320 e. The number of rotatable bonds is 4. The Labute approximate surface area is 148 Å². The van der Waals surface area contributed by atoms with Gasteiger partial charge in [-0.2, -0.15) is 0 Å². The first-order valence-corrected chi connectivity index (χ1v) is 8.72. The summed E-state index contributed by atoms with van der Waals surface area (Å²) in [5.74, 6) is 1.50. The van der Waals surface area contributed by atoms with Crippen LogP contribution >= 0.6 is 11.6 Å². The van der Waals surface area contributed by atoms with E-state index in [1.54, 1.807) is 0 Å². The fourth-order valence-corrected chi connectivity index (χ4v) is 2.87. The van der Waals surface area contributed by atoms with Crippen LogP contribution in [0.4, 0.5) is 0 Å². The van der Waals surface area contributed by atoms with Gasteiger partial charge in [-0.1, -0.05) is 43.7 Å². The van der Waals surface area contributed by atoms with E-state index in [2.05, 4.69) is 68.7 Å². The molecule has 0 fully saturated rings. The summed E-state index contributed by atoms with van der Waals surface area (Å²) in [5.41, 5.74) is 6.01. The van der Waals surface area contributed by atoms with Gasteiger partial charge < -0.3 is 4.57 Å². The molecule has 0 unspecified atom stereocenters. The number of aromatic nitrogens is 2. The smallest absolute Gasteiger partial charge is 0.133 e. The zero-order valence-corrected chi connectivity index (χ0v) is 15.4. The maximum absolute atomic E-state index is 6.01. The quantitative estimate of drug-likeness (QED) is 0.568. The number of halogens is 1. The van der Waals surface area contributed by atoms with Gasteiger partial charge in [0.25, 0.3) is 0 Å². The first-order chi connectivity index (χ1) is 11.4. The molecule has 124 valence electrons. The first-order valence-electron chi connectivity index (χ1n) is 8.34. The fraction of sp³-hybridized carbons (Fsp3) is 0.286. The van der Waals surface area contributed by atoms with E-state index >= 15 is 0 Å². The summed E-state index contributed by atoms with van der Waals surface area (Å²) in [6, 6.07) is 12.4. The van der Waals surface area contributed by atoms with Gasteiger partial charge in [0.1, 0.15) is 5.82 Å².